The molecular weight excluding hydrogens is 677 g/mol. The van der Waals surface area contributed by atoms with Gasteiger partial charge in [0.2, 0.25) is 0 Å². The Morgan fingerprint density at radius 1 is 0.444 bits per heavy atom. The number of aromatic nitrogens is 6. The molecule has 0 unspecified atom stereocenters. The van der Waals surface area contributed by atoms with Gasteiger partial charge < -0.3 is 9.13 Å². The highest BCUT2D eigenvalue weighted by Gasteiger charge is 2.23. The second-order valence-electron chi connectivity index (χ2n) is 13.0. The largest absolute Gasteiger partial charge is 0.309 e. The summed E-state index contributed by atoms with van der Waals surface area (Å²) in [6.45, 7) is 0. The molecule has 6 aromatic carbocycles. The molecule has 7 nitrogen and oxygen atoms in total. The van der Waals surface area contributed by atoms with Gasteiger partial charge in [0, 0.05) is 69.1 Å². The van der Waals surface area contributed by atoms with Crippen LogP contribution in [0.25, 0.3) is 88.9 Å². The fourth-order valence-corrected chi connectivity index (χ4v) is 7.61. The van der Waals surface area contributed by atoms with E-state index in [9.17, 15) is 5.26 Å². The zero-order valence-electron chi connectivity index (χ0n) is 28.3. The van der Waals surface area contributed by atoms with Gasteiger partial charge in [-0.1, -0.05) is 60.7 Å². The molecule has 4 aromatic heterocycles. The van der Waals surface area contributed by atoms with Gasteiger partial charge in [-0.05, 0) is 66.2 Å². The van der Waals surface area contributed by atoms with Crippen molar-refractivity contribution in [3.05, 3.63) is 169 Å². The van der Waals surface area contributed by atoms with E-state index in [0.29, 0.717) is 39.7 Å². The van der Waals surface area contributed by atoms with Crippen LogP contribution < -0.4 is 0 Å². The van der Waals surface area contributed by atoms with Gasteiger partial charge in [-0.2, -0.15) is 5.26 Å². The first kappa shape index (κ1) is 31.2. The molecule has 0 spiro atoms. The van der Waals surface area contributed by atoms with Crippen molar-refractivity contribution in [2.75, 3.05) is 0 Å². The number of rotatable bonds is 5. The molecule has 9 heteroatoms. The van der Waals surface area contributed by atoms with Crippen molar-refractivity contribution in [2.45, 2.75) is 0 Å². The number of benzene rings is 6. The first-order chi connectivity index (χ1) is 26.6. The highest BCUT2D eigenvalue weighted by Crippen LogP contribution is 2.42. The van der Waals surface area contributed by atoms with Crippen molar-refractivity contribution < 1.29 is 8.78 Å². The fourth-order valence-electron chi connectivity index (χ4n) is 7.61. The van der Waals surface area contributed by atoms with Gasteiger partial charge in [-0.25, -0.2) is 28.7 Å². The van der Waals surface area contributed by atoms with Gasteiger partial charge in [-0.15, -0.1) is 0 Å². The molecule has 0 aliphatic heterocycles. The van der Waals surface area contributed by atoms with Crippen LogP contribution in [0.5, 0.6) is 0 Å². The van der Waals surface area contributed by atoms with Crippen LogP contribution in [0.3, 0.4) is 0 Å². The molecule has 0 aliphatic carbocycles. The summed E-state index contributed by atoms with van der Waals surface area (Å²) in [6.07, 6.45) is 6.79. The van der Waals surface area contributed by atoms with Crippen LogP contribution in [0.4, 0.5) is 8.78 Å². The van der Waals surface area contributed by atoms with Crippen LogP contribution in [-0.4, -0.2) is 29.1 Å². The third-order valence-corrected chi connectivity index (χ3v) is 9.89. The van der Waals surface area contributed by atoms with Gasteiger partial charge in [0.1, 0.15) is 17.7 Å². The number of hydrogen-bond acceptors (Lipinski definition) is 5. The highest BCUT2D eigenvalue weighted by atomic mass is 19.1. The minimum atomic E-state index is -0.711. The maximum atomic E-state index is 15.1. The molecule has 0 atom stereocenters. The van der Waals surface area contributed by atoms with E-state index >= 15 is 8.78 Å². The van der Waals surface area contributed by atoms with Crippen LogP contribution in [0.1, 0.15) is 5.56 Å². The van der Waals surface area contributed by atoms with Crippen LogP contribution in [0, 0.1) is 23.0 Å². The number of halogens is 2. The molecule has 0 fully saturated rings. The van der Waals surface area contributed by atoms with E-state index in [1.54, 1.807) is 36.9 Å². The number of nitriles is 1. The van der Waals surface area contributed by atoms with Crippen molar-refractivity contribution in [1.29, 1.82) is 5.26 Å². The average Bonchev–Trinajstić information content (AvgIpc) is 3.72. The molecule has 0 radical (unpaired) electrons. The van der Waals surface area contributed by atoms with Crippen LogP contribution in [0.15, 0.2) is 152 Å². The van der Waals surface area contributed by atoms with Crippen molar-refractivity contribution in [2.24, 2.45) is 0 Å². The minimum Gasteiger partial charge on any atom is -0.309 e. The van der Waals surface area contributed by atoms with Gasteiger partial charge in [0.05, 0.1) is 39.0 Å². The molecule has 10 aromatic rings. The van der Waals surface area contributed by atoms with Crippen LogP contribution >= 0.6 is 0 Å². The van der Waals surface area contributed by atoms with E-state index in [2.05, 4.69) is 30.6 Å². The predicted molar refractivity (Wildman–Crippen MR) is 207 cm³/mol. The molecule has 0 N–H and O–H groups in total. The Hall–Kier alpha value is -7.57. The van der Waals surface area contributed by atoms with Gasteiger partial charge in [-0.3, -0.25) is 0 Å². The third kappa shape index (κ3) is 4.93. The standard InChI is InChI=1S/C45H25F2N7/c46-31-19-29(20-32(47)24-31)37-25-40(53-38-9-3-1-7-33(38)35-13-11-27(21-41(35)53)44-49-15-5-16-50-44)30(26-48)23-43(37)54-39-10-4-2-8-34(39)36-14-12-28(22-42(36)54)45-51-17-6-18-52-45/h1-25H. The Morgan fingerprint density at radius 2 is 0.926 bits per heavy atom. The van der Waals surface area contributed by atoms with E-state index in [0.717, 1.165) is 60.8 Å². The maximum absolute atomic E-state index is 15.1. The Bertz CT molecular complexity index is 3120. The summed E-state index contributed by atoms with van der Waals surface area (Å²) in [4.78, 5) is 17.9. The van der Waals surface area contributed by atoms with Crippen LogP contribution in [-0.2, 0) is 0 Å². The maximum Gasteiger partial charge on any atom is 0.159 e. The summed E-state index contributed by atoms with van der Waals surface area (Å²) in [7, 11) is 0. The zero-order chi connectivity index (χ0) is 36.3. The smallest absolute Gasteiger partial charge is 0.159 e. The lowest BCUT2D eigenvalue weighted by atomic mass is 9.98. The average molecular weight is 702 g/mol. The Labute approximate surface area is 306 Å². The van der Waals surface area contributed by atoms with E-state index in [-0.39, 0.29) is 0 Å². The predicted octanol–water partition coefficient (Wildman–Crippen LogP) is 10.6. The second kappa shape index (κ2) is 12.3. The molecule has 0 saturated heterocycles. The van der Waals surface area contributed by atoms with Gasteiger partial charge in [0.15, 0.2) is 11.6 Å². The Morgan fingerprint density at radius 3 is 1.44 bits per heavy atom. The first-order valence-corrected chi connectivity index (χ1v) is 17.2. The van der Waals surface area contributed by atoms with E-state index in [4.69, 9.17) is 0 Å². The molecule has 0 saturated carbocycles. The number of hydrogen-bond donors (Lipinski definition) is 0. The van der Waals surface area contributed by atoms with E-state index in [1.807, 2.05) is 102 Å². The highest BCUT2D eigenvalue weighted by molar-refractivity contribution is 6.12. The first-order valence-electron chi connectivity index (χ1n) is 17.2. The van der Waals surface area contributed by atoms with Crippen molar-refractivity contribution in [3.8, 4) is 51.3 Å². The number of nitrogens with zero attached hydrogens (tertiary/aromatic N) is 7. The normalized spacial score (nSPS) is 11.5. The monoisotopic (exact) mass is 701 g/mol. The molecule has 254 valence electrons. The molecule has 0 aliphatic rings. The summed E-state index contributed by atoms with van der Waals surface area (Å²) in [6, 6.07) is 41.2. The van der Waals surface area contributed by atoms with Crippen LogP contribution in [0.2, 0.25) is 0 Å². The van der Waals surface area contributed by atoms with Gasteiger partial charge in [0.25, 0.3) is 0 Å². The summed E-state index contributed by atoms with van der Waals surface area (Å²) >= 11 is 0. The third-order valence-electron chi connectivity index (χ3n) is 9.89. The molecule has 4 heterocycles. The van der Waals surface area contributed by atoms with Gasteiger partial charge >= 0.3 is 0 Å². The summed E-state index contributed by atoms with van der Waals surface area (Å²) < 4.78 is 34.4. The topological polar surface area (TPSA) is 85.2 Å². The molecule has 54 heavy (non-hydrogen) atoms. The van der Waals surface area contributed by atoms with Crippen molar-refractivity contribution >= 4 is 43.6 Å². The molecule has 0 bridgehead atoms. The SMILES string of the molecule is N#Cc1cc(-n2c3ccccc3c3ccc(-c4ncccn4)cc32)c(-c2cc(F)cc(F)c2)cc1-n1c2ccccc2c2ccc(-c3ncccn3)cc21. The quantitative estimate of drug-likeness (QED) is 0.178. The Balaban J connectivity index is 1.32. The van der Waals surface area contributed by atoms with Crippen molar-refractivity contribution in [1.82, 2.24) is 29.1 Å². The number of para-hydroxylation sites is 2. The van der Waals surface area contributed by atoms with E-state index in [1.165, 1.54) is 12.1 Å². The summed E-state index contributed by atoms with van der Waals surface area (Å²) in [5.74, 6) is -0.299. The fraction of sp³-hybridized carbons (Fsp3) is 0. The zero-order valence-corrected chi connectivity index (χ0v) is 28.3. The molecule has 10 rings (SSSR count). The lowest BCUT2D eigenvalue weighted by Crippen LogP contribution is -2.04. The molecule has 0 amide bonds. The summed E-state index contributed by atoms with van der Waals surface area (Å²) in [5.41, 5.74) is 7.31. The number of fused-ring (bicyclic) bond motifs is 6. The lowest BCUT2D eigenvalue weighted by Gasteiger charge is -2.19. The minimum absolute atomic E-state index is 0.320. The van der Waals surface area contributed by atoms with E-state index < -0.39 is 11.6 Å². The Kier molecular flexibility index (Phi) is 7.10. The second-order valence-corrected chi connectivity index (χ2v) is 13.0. The van der Waals surface area contributed by atoms with Crippen molar-refractivity contribution in [3.63, 3.8) is 0 Å². The lowest BCUT2D eigenvalue weighted by molar-refractivity contribution is 0.584. The summed E-state index contributed by atoms with van der Waals surface area (Å²) in [5, 5.41) is 14.8. The molecular formula is C45H25F2N7.